The van der Waals surface area contributed by atoms with Crippen LogP contribution in [0.2, 0.25) is 0 Å². The third-order valence-corrected chi connectivity index (χ3v) is 4.18. The smallest absolute Gasteiger partial charge is 0.255 e. The van der Waals surface area contributed by atoms with Crippen molar-refractivity contribution in [3.8, 4) is 11.3 Å². The highest BCUT2D eigenvalue weighted by Gasteiger charge is 2.17. The van der Waals surface area contributed by atoms with Gasteiger partial charge in [0.2, 0.25) is 0 Å². The van der Waals surface area contributed by atoms with E-state index in [4.69, 9.17) is 0 Å². The van der Waals surface area contributed by atoms with E-state index >= 15 is 0 Å². The van der Waals surface area contributed by atoms with E-state index in [9.17, 15) is 4.79 Å². The van der Waals surface area contributed by atoms with Gasteiger partial charge in [-0.25, -0.2) is 0 Å². The Hall–Kier alpha value is -2.88. The van der Waals surface area contributed by atoms with Crippen LogP contribution in [0.5, 0.6) is 0 Å². The van der Waals surface area contributed by atoms with E-state index in [1.807, 2.05) is 49.4 Å². The first kappa shape index (κ1) is 16.0. The van der Waals surface area contributed by atoms with Crippen LogP contribution in [-0.4, -0.2) is 16.1 Å². The van der Waals surface area contributed by atoms with Gasteiger partial charge < -0.3 is 5.32 Å². The highest BCUT2D eigenvalue weighted by atomic mass is 16.1. The van der Waals surface area contributed by atoms with Crippen LogP contribution >= 0.6 is 0 Å². The van der Waals surface area contributed by atoms with E-state index < -0.39 is 0 Å². The molecular weight excluding hydrogens is 298 g/mol. The molecule has 24 heavy (non-hydrogen) atoms. The molecule has 0 aliphatic rings. The average molecular weight is 319 g/mol. The Morgan fingerprint density at radius 1 is 1.12 bits per heavy atom. The predicted octanol–water partition coefficient (Wildman–Crippen LogP) is 4.13. The summed E-state index contributed by atoms with van der Waals surface area (Å²) < 4.78 is 0. The number of rotatable bonds is 5. The standard InChI is InChI=1S/C20H21N3O/c1-3-15-9-11-17(12-10-15)19-18(13-21-23-19)20(24)22-14(2)16-7-5-4-6-8-16/h4-14H,3H2,1-2H3,(H,21,23)(H,22,24)/t14-/m1/s1. The van der Waals surface area contributed by atoms with Gasteiger partial charge >= 0.3 is 0 Å². The van der Waals surface area contributed by atoms with E-state index in [1.165, 1.54) is 5.56 Å². The predicted molar refractivity (Wildman–Crippen MR) is 95.7 cm³/mol. The van der Waals surface area contributed by atoms with Crippen molar-refractivity contribution in [3.05, 3.63) is 77.5 Å². The lowest BCUT2D eigenvalue weighted by Gasteiger charge is -2.14. The maximum Gasteiger partial charge on any atom is 0.255 e. The zero-order chi connectivity index (χ0) is 16.9. The summed E-state index contributed by atoms with van der Waals surface area (Å²) in [4.78, 5) is 12.6. The van der Waals surface area contributed by atoms with Gasteiger partial charge in [0.1, 0.15) is 0 Å². The number of nitrogens with zero attached hydrogens (tertiary/aromatic N) is 1. The first-order valence-corrected chi connectivity index (χ1v) is 8.17. The zero-order valence-corrected chi connectivity index (χ0v) is 13.9. The fraction of sp³-hybridized carbons (Fsp3) is 0.200. The molecule has 3 rings (SSSR count). The van der Waals surface area contributed by atoms with Crippen LogP contribution in [0.15, 0.2) is 60.8 Å². The fourth-order valence-corrected chi connectivity index (χ4v) is 2.68. The molecule has 0 aliphatic carbocycles. The number of hydrogen-bond acceptors (Lipinski definition) is 2. The first-order valence-electron chi connectivity index (χ1n) is 8.17. The second-order valence-electron chi connectivity index (χ2n) is 5.81. The molecular formula is C20H21N3O. The highest BCUT2D eigenvalue weighted by molar-refractivity contribution is 5.99. The van der Waals surface area contributed by atoms with Crippen LogP contribution in [-0.2, 0) is 6.42 Å². The Labute approximate surface area is 141 Å². The molecule has 1 aromatic heterocycles. The number of nitrogens with one attached hydrogen (secondary N) is 2. The van der Waals surface area contributed by atoms with Gasteiger partial charge in [0.05, 0.1) is 23.5 Å². The Morgan fingerprint density at radius 2 is 1.83 bits per heavy atom. The lowest BCUT2D eigenvalue weighted by atomic mass is 10.0. The lowest BCUT2D eigenvalue weighted by Crippen LogP contribution is -2.26. The molecule has 122 valence electrons. The van der Waals surface area contributed by atoms with Gasteiger partial charge in [-0.2, -0.15) is 5.10 Å². The topological polar surface area (TPSA) is 57.8 Å². The number of H-pyrrole nitrogens is 1. The SMILES string of the molecule is CCc1ccc(-c2[nH]ncc2C(=O)N[C@H](C)c2ccccc2)cc1. The summed E-state index contributed by atoms with van der Waals surface area (Å²) in [5, 5.41) is 10.0. The van der Waals surface area contributed by atoms with Crippen LogP contribution in [0.25, 0.3) is 11.3 Å². The molecule has 4 nitrogen and oxygen atoms in total. The molecule has 0 radical (unpaired) electrons. The number of carbonyl (C=O) groups is 1. The Balaban J connectivity index is 1.80. The van der Waals surface area contributed by atoms with Gasteiger partial charge in [-0.3, -0.25) is 9.89 Å². The van der Waals surface area contributed by atoms with Gasteiger partial charge in [-0.05, 0) is 24.5 Å². The molecule has 1 amide bonds. The molecule has 0 fully saturated rings. The van der Waals surface area contributed by atoms with Crippen LogP contribution in [0.1, 0.15) is 41.4 Å². The Morgan fingerprint density at radius 3 is 2.50 bits per heavy atom. The van der Waals surface area contributed by atoms with Crippen LogP contribution < -0.4 is 5.32 Å². The maximum atomic E-state index is 12.6. The minimum absolute atomic E-state index is 0.0658. The lowest BCUT2D eigenvalue weighted by molar-refractivity contribution is 0.0940. The third-order valence-electron chi connectivity index (χ3n) is 4.18. The molecule has 2 N–H and O–H groups in total. The summed E-state index contributed by atoms with van der Waals surface area (Å²) in [5.41, 5.74) is 4.60. The van der Waals surface area contributed by atoms with Crippen molar-refractivity contribution in [2.75, 3.05) is 0 Å². The van der Waals surface area contributed by atoms with Gasteiger partial charge in [0.15, 0.2) is 0 Å². The van der Waals surface area contributed by atoms with E-state index in [1.54, 1.807) is 6.20 Å². The summed E-state index contributed by atoms with van der Waals surface area (Å²) in [5.74, 6) is -0.130. The monoisotopic (exact) mass is 319 g/mol. The molecule has 3 aromatic rings. The van der Waals surface area contributed by atoms with Crippen molar-refractivity contribution in [1.82, 2.24) is 15.5 Å². The summed E-state index contributed by atoms with van der Waals surface area (Å²) in [7, 11) is 0. The average Bonchev–Trinajstić information content (AvgIpc) is 3.12. The van der Waals surface area contributed by atoms with E-state index in [2.05, 4.69) is 34.6 Å². The van der Waals surface area contributed by atoms with Crippen LogP contribution in [0.4, 0.5) is 0 Å². The van der Waals surface area contributed by atoms with Gasteiger partial charge in [0.25, 0.3) is 5.91 Å². The molecule has 0 bridgehead atoms. The van der Waals surface area contributed by atoms with Gasteiger partial charge in [-0.15, -0.1) is 0 Å². The number of aryl methyl sites for hydroxylation is 1. The molecule has 0 aliphatic heterocycles. The zero-order valence-electron chi connectivity index (χ0n) is 13.9. The molecule has 1 heterocycles. The number of hydrogen-bond donors (Lipinski definition) is 2. The largest absolute Gasteiger partial charge is 0.345 e. The fourth-order valence-electron chi connectivity index (χ4n) is 2.68. The van der Waals surface area contributed by atoms with E-state index in [0.29, 0.717) is 5.56 Å². The van der Waals surface area contributed by atoms with Crippen molar-refractivity contribution < 1.29 is 4.79 Å². The van der Waals surface area contributed by atoms with Crippen molar-refractivity contribution in [1.29, 1.82) is 0 Å². The Kier molecular flexibility index (Phi) is 4.75. The number of carbonyl (C=O) groups excluding carboxylic acids is 1. The quantitative estimate of drug-likeness (QED) is 0.743. The van der Waals surface area contributed by atoms with Crippen molar-refractivity contribution >= 4 is 5.91 Å². The molecule has 2 aromatic carbocycles. The third kappa shape index (κ3) is 3.38. The number of amides is 1. The second kappa shape index (κ2) is 7.13. The summed E-state index contributed by atoms with van der Waals surface area (Å²) in [6.07, 6.45) is 2.57. The van der Waals surface area contributed by atoms with Gasteiger partial charge in [0, 0.05) is 5.56 Å². The molecule has 0 unspecified atom stereocenters. The molecule has 0 saturated carbocycles. The van der Waals surface area contributed by atoms with Crippen molar-refractivity contribution in [3.63, 3.8) is 0 Å². The minimum Gasteiger partial charge on any atom is -0.345 e. The summed E-state index contributed by atoms with van der Waals surface area (Å²) in [6.45, 7) is 4.10. The highest BCUT2D eigenvalue weighted by Crippen LogP contribution is 2.22. The van der Waals surface area contributed by atoms with E-state index in [0.717, 1.165) is 23.2 Å². The summed E-state index contributed by atoms with van der Waals surface area (Å²) >= 11 is 0. The van der Waals surface area contributed by atoms with Crippen LogP contribution in [0.3, 0.4) is 0 Å². The summed E-state index contributed by atoms with van der Waals surface area (Å²) in [6, 6.07) is 18.0. The van der Waals surface area contributed by atoms with Crippen LogP contribution in [0, 0.1) is 0 Å². The number of aromatic nitrogens is 2. The molecule has 1 atom stereocenters. The van der Waals surface area contributed by atoms with Crippen molar-refractivity contribution in [2.24, 2.45) is 0 Å². The normalized spacial score (nSPS) is 11.9. The number of aromatic amines is 1. The van der Waals surface area contributed by atoms with Gasteiger partial charge in [-0.1, -0.05) is 61.5 Å². The maximum absolute atomic E-state index is 12.6. The Bertz CT molecular complexity index is 806. The first-order chi connectivity index (χ1) is 11.7. The number of benzene rings is 2. The second-order valence-corrected chi connectivity index (χ2v) is 5.81. The van der Waals surface area contributed by atoms with Crippen molar-refractivity contribution in [2.45, 2.75) is 26.3 Å². The molecule has 0 spiro atoms. The minimum atomic E-state index is -0.130. The molecule has 4 heteroatoms. The molecule has 0 saturated heterocycles. The van der Waals surface area contributed by atoms with E-state index in [-0.39, 0.29) is 11.9 Å².